The van der Waals surface area contributed by atoms with Crippen molar-refractivity contribution in [3.63, 3.8) is 0 Å². The summed E-state index contributed by atoms with van der Waals surface area (Å²) in [5.41, 5.74) is 1.84. The van der Waals surface area contributed by atoms with Gasteiger partial charge in [-0.15, -0.1) is 0 Å². The van der Waals surface area contributed by atoms with E-state index in [1.807, 2.05) is 6.92 Å². The van der Waals surface area contributed by atoms with Crippen molar-refractivity contribution in [2.75, 3.05) is 0 Å². The van der Waals surface area contributed by atoms with Crippen LogP contribution in [0.25, 0.3) is 0 Å². The van der Waals surface area contributed by atoms with Gasteiger partial charge in [0, 0.05) is 0 Å². The third-order valence-electron chi connectivity index (χ3n) is 3.67. The van der Waals surface area contributed by atoms with Crippen LogP contribution in [0, 0.1) is 0 Å². The number of carbonyl (C=O) groups excluding carboxylic acids is 1. The maximum absolute atomic E-state index is 10.9. The van der Waals surface area contributed by atoms with Crippen LogP contribution in [0.2, 0.25) is 16.6 Å². The van der Waals surface area contributed by atoms with Gasteiger partial charge in [-0.3, -0.25) is 0 Å². The van der Waals surface area contributed by atoms with Crippen molar-refractivity contribution in [1.82, 2.24) is 0 Å². The Balaban J connectivity index is 5.51. The first-order chi connectivity index (χ1) is 6.31. The van der Waals surface area contributed by atoms with Crippen molar-refractivity contribution >= 4 is 14.0 Å². The number of allylic oxidation sites excluding steroid dienone is 1. The van der Waals surface area contributed by atoms with Gasteiger partial charge in [0.2, 0.25) is 0 Å². The van der Waals surface area contributed by atoms with E-state index in [-0.39, 0.29) is 0 Å². The average Bonchev–Trinajstić information content (AvgIpc) is 2.02. The van der Waals surface area contributed by atoms with Crippen molar-refractivity contribution < 1.29 is 4.79 Å². The van der Waals surface area contributed by atoms with Crippen molar-refractivity contribution in [3.05, 3.63) is 5.20 Å². The molecular formula is C12H24OSi. The topological polar surface area (TPSA) is 17.1 Å². The first-order valence-corrected chi connectivity index (χ1v) is 7.77. The maximum Gasteiger partial charge on any atom is 0.118 e. The minimum absolute atomic E-state index is 0.615. The molecule has 0 unspecified atom stereocenters. The molecule has 0 rings (SSSR count). The van der Waals surface area contributed by atoms with Crippen LogP contribution in [-0.4, -0.2) is 14.0 Å². The van der Waals surface area contributed by atoms with Crippen LogP contribution in [-0.2, 0) is 4.79 Å². The average molecular weight is 212 g/mol. The summed E-state index contributed by atoms with van der Waals surface area (Å²) in [7, 11) is -1.64. The van der Waals surface area contributed by atoms with E-state index in [9.17, 15) is 4.79 Å². The molecule has 0 spiro atoms. The molecule has 2 heteroatoms. The molecule has 0 amide bonds. The van der Waals surface area contributed by atoms with Gasteiger partial charge in [0.1, 0.15) is 14.0 Å². The van der Waals surface area contributed by atoms with E-state index in [0.29, 0.717) is 16.6 Å². The molecule has 0 aromatic rings. The molecule has 0 radical (unpaired) electrons. The Morgan fingerprint density at radius 1 is 0.929 bits per heavy atom. The van der Waals surface area contributed by atoms with E-state index in [4.69, 9.17) is 0 Å². The van der Waals surface area contributed by atoms with Crippen LogP contribution in [0.5, 0.6) is 0 Å². The first kappa shape index (κ1) is 13.7. The zero-order valence-electron chi connectivity index (χ0n) is 10.6. The summed E-state index contributed by atoms with van der Waals surface area (Å²) in [6, 6.07) is 0. The number of hydrogen-bond acceptors (Lipinski definition) is 1. The Kier molecular flexibility index (Phi) is 4.83. The van der Waals surface area contributed by atoms with Crippen LogP contribution in [0.3, 0.4) is 0 Å². The minimum atomic E-state index is -1.64. The lowest BCUT2D eigenvalue weighted by Crippen LogP contribution is -2.46. The van der Waals surface area contributed by atoms with Crippen molar-refractivity contribution in [1.29, 1.82) is 0 Å². The van der Waals surface area contributed by atoms with Gasteiger partial charge in [-0.25, -0.2) is 4.79 Å². The van der Waals surface area contributed by atoms with E-state index in [2.05, 4.69) is 47.5 Å². The fraction of sp³-hybridized carbons (Fsp3) is 0.833. The van der Waals surface area contributed by atoms with Gasteiger partial charge in [0.25, 0.3) is 0 Å². The number of hydrogen-bond donors (Lipinski definition) is 0. The largest absolute Gasteiger partial charge is 0.234 e. The molecule has 0 aromatic carbocycles. The van der Waals surface area contributed by atoms with Crippen LogP contribution in [0.1, 0.15) is 48.5 Å². The van der Waals surface area contributed by atoms with Gasteiger partial charge < -0.3 is 0 Å². The zero-order valence-corrected chi connectivity index (χ0v) is 11.6. The van der Waals surface area contributed by atoms with Crippen molar-refractivity contribution in [2.24, 2.45) is 0 Å². The second kappa shape index (κ2) is 4.95. The third-order valence-corrected chi connectivity index (χ3v) is 10.8. The van der Waals surface area contributed by atoms with Gasteiger partial charge >= 0.3 is 0 Å². The fourth-order valence-electron chi connectivity index (χ4n) is 3.39. The summed E-state index contributed by atoms with van der Waals surface area (Å²) in [6.07, 6.45) is 0. The molecule has 0 heterocycles. The smallest absolute Gasteiger partial charge is 0.118 e. The Labute approximate surface area is 89.6 Å². The molecule has 0 aliphatic heterocycles. The Morgan fingerprint density at radius 3 is 1.29 bits per heavy atom. The highest BCUT2D eigenvalue weighted by molar-refractivity contribution is 6.90. The van der Waals surface area contributed by atoms with Crippen LogP contribution in [0.4, 0.5) is 0 Å². The van der Waals surface area contributed by atoms with Gasteiger partial charge in [-0.2, -0.15) is 0 Å². The standard InChI is InChI=1S/C12H24OSi/c1-9(2)14(10(3)4,11(5)6)12(7)8-13/h9-11H,1-7H3. The highest BCUT2D eigenvalue weighted by Crippen LogP contribution is 2.45. The molecule has 0 saturated heterocycles. The molecule has 1 nitrogen and oxygen atoms in total. The minimum Gasteiger partial charge on any atom is -0.234 e. The quantitative estimate of drug-likeness (QED) is 0.509. The number of rotatable bonds is 4. The highest BCUT2D eigenvalue weighted by atomic mass is 28.3. The fourth-order valence-corrected chi connectivity index (χ4v) is 10.2. The van der Waals surface area contributed by atoms with Crippen molar-refractivity contribution in [3.8, 4) is 0 Å². The molecule has 0 atom stereocenters. The van der Waals surface area contributed by atoms with E-state index >= 15 is 0 Å². The Bertz CT molecular complexity index is 213. The molecule has 14 heavy (non-hydrogen) atoms. The summed E-state index contributed by atoms with van der Waals surface area (Å²) in [5, 5.41) is 1.01. The molecule has 0 fully saturated rings. The predicted molar refractivity (Wildman–Crippen MR) is 65.9 cm³/mol. The molecule has 0 aliphatic rings. The molecule has 0 N–H and O–H groups in total. The lowest BCUT2D eigenvalue weighted by Gasteiger charge is -2.42. The van der Waals surface area contributed by atoms with E-state index < -0.39 is 8.07 Å². The molecule has 82 valence electrons. The summed E-state index contributed by atoms with van der Waals surface area (Å²) in [6.45, 7) is 15.5. The molecule has 0 aromatic heterocycles. The Hall–Kier alpha value is -0.333. The van der Waals surface area contributed by atoms with Crippen molar-refractivity contribution in [2.45, 2.75) is 65.1 Å². The second-order valence-corrected chi connectivity index (χ2v) is 11.2. The monoisotopic (exact) mass is 212 g/mol. The Morgan fingerprint density at radius 2 is 1.21 bits per heavy atom. The molecule has 0 aliphatic carbocycles. The van der Waals surface area contributed by atoms with E-state index in [1.54, 1.807) is 0 Å². The van der Waals surface area contributed by atoms with Gasteiger partial charge in [-0.1, -0.05) is 41.5 Å². The maximum atomic E-state index is 10.9. The summed E-state index contributed by atoms with van der Waals surface area (Å²) < 4.78 is 0. The van der Waals surface area contributed by atoms with Crippen LogP contribution < -0.4 is 0 Å². The zero-order chi connectivity index (χ0) is 11.5. The lowest BCUT2D eigenvalue weighted by atomic mass is 10.5. The first-order valence-electron chi connectivity index (χ1n) is 5.53. The SMILES string of the molecule is CC(=C=O)[Si](C(C)C)(C(C)C)C(C)C. The van der Waals surface area contributed by atoms with Gasteiger partial charge in [0.05, 0.1) is 0 Å². The summed E-state index contributed by atoms with van der Waals surface area (Å²) in [4.78, 5) is 10.9. The second-order valence-electron chi connectivity index (χ2n) is 5.12. The van der Waals surface area contributed by atoms with Crippen LogP contribution in [0.15, 0.2) is 5.20 Å². The van der Waals surface area contributed by atoms with E-state index in [0.717, 1.165) is 5.20 Å². The van der Waals surface area contributed by atoms with Crippen LogP contribution >= 0.6 is 0 Å². The normalized spacial score (nSPS) is 12.4. The van der Waals surface area contributed by atoms with Gasteiger partial charge in [0.15, 0.2) is 0 Å². The molecule has 0 bridgehead atoms. The van der Waals surface area contributed by atoms with Gasteiger partial charge in [-0.05, 0) is 28.7 Å². The lowest BCUT2D eigenvalue weighted by molar-refractivity contribution is 0.567. The van der Waals surface area contributed by atoms with E-state index in [1.165, 1.54) is 0 Å². The third kappa shape index (κ3) is 2.02. The highest BCUT2D eigenvalue weighted by Gasteiger charge is 2.44. The summed E-state index contributed by atoms with van der Waals surface area (Å²) in [5.74, 6) is 2.18. The summed E-state index contributed by atoms with van der Waals surface area (Å²) >= 11 is 0. The molecule has 0 saturated carbocycles. The predicted octanol–water partition coefficient (Wildman–Crippen LogP) is 3.98. The molecular weight excluding hydrogens is 188 g/mol.